The molecule has 1 aromatic carbocycles. The zero-order valence-corrected chi connectivity index (χ0v) is 21.2. The van der Waals surface area contributed by atoms with Gasteiger partial charge in [-0.15, -0.1) is 0 Å². The Hall–Kier alpha value is -3.54. The molecule has 9 nitrogen and oxygen atoms in total. The van der Waals surface area contributed by atoms with Gasteiger partial charge in [-0.3, -0.25) is 14.5 Å². The maximum atomic E-state index is 12.9. The first-order valence-electron chi connectivity index (χ1n) is 12.6. The highest BCUT2D eigenvalue weighted by molar-refractivity contribution is 5.97. The lowest BCUT2D eigenvalue weighted by molar-refractivity contribution is -0.137. The number of rotatable bonds is 7. The number of carbonyl (C=O) groups is 2. The molecule has 38 heavy (non-hydrogen) atoms. The standard InChI is InChI=1S/C26H31F3N6O3/c1-38-22-14-32-25(33-15-22)34-9-3-6-21(8-11-34)35-10-7-18(17-35)13-30-23(36)16-31-24(37)19-4-2-5-20(12-19)26(27,28)29/h2,4-5,12-15,18,21H,3,6-11,16-17H2,1H3,(H,31,37). The van der Waals surface area contributed by atoms with E-state index in [1.165, 1.54) is 6.07 Å². The number of nitrogens with zero attached hydrogens (tertiary/aromatic N) is 5. The van der Waals surface area contributed by atoms with Gasteiger partial charge in [0.2, 0.25) is 5.95 Å². The van der Waals surface area contributed by atoms with Crippen molar-refractivity contribution < 1.29 is 27.5 Å². The van der Waals surface area contributed by atoms with Crippen LogP contribution in [0.3, 0.4) is 0 Å². The molecule has 2 aliphatic heterocycles. The zero-order valence-electron chi connectivity index (χ0n) is 21.2. The van der Waals surface area contributed by atoms with Crippen molar-refractivity contribution in [2.24, 2.45) is 10.9 Å². The van der Waals surface area contributed by atoms with Crippen LogP contribution in [0.1, 0.15) is 41.6 Å². The average Bonchev–Trinajstić information content (AvgIpc) is 3.26. The molecule has 12 heteroatoms. The minimum atomic E-state index is -4.55. The maximum absolute atomic E-state index is 12.9. The first-order chi connectivity index (χ1) is 18.2. The summed E-state index contributed by atoms with van der Waals surface area (Å²) in [5, 5.41) is 2.34. The molecule has 2 atom stereocenters. The van der Waals surface area contributed by atoms with E-state index in [9.17, 15) is 22.8 Å². The summed E-state index contributed by atoms with van der Waals surface area (Å²) in [6.45, 7) is 3.09. The highest BCUT2D eigenvalue weighted by atomic mass is 19.4. The molecule has 0 bridgehead atoms. The van der Waals surface area contributed by atoms with Crippen LogP contribution in [-0.2, 0) is 11.0 Å². The molecule has 1 N–H and O–H groups in total. The number of alkyl halides is 3. The van der Waals surface area contributed by atoms with Crippen LogP contribution in [0.4, 0.5) is 19.1 Å². The van der Waals surface area contributed by atoms with Gasteiger partial charge in [0.05, 0.1) is 31.6 Å². The lowest BCUT2D eigenvalue weighted by Gasteiger charge is -2.26. The Kier molecular flexibility index (Phi) is 8.93. The minimum Gasteiger partial charge on any atom is -0.494 e. The fraction of sp³-hybridized carbons (Fsp3) is 0.500. The smallest absolute Gasteiger partial charge is 0.416 e. The predicted molar refractivity (Wildman–Crippen MR) is 135 cm³/mol. The number of ether oxygens (including phenoxy) is 1. The van der Waals surface area contributed by atoms with Gasteiger partial charge in [0.15, 0.2) is 5.75 Å². The number of nitrogens with one attached hydrogen (secondary N) is 1. The lowest BCUT2D eigenvalue weighted by atomic mass is 10.1. The molecule has 2 amide bonds. The van der Waals surface area contributed by atoms with E-state index in [1.54, 1.807) is 25.7 Å². The second-order valence-electron chi connectivity index (χ2n) is 9.47. The van der Waals surface area contributed by atoms with Crippen molar-refractivity contribution in [2.75, 3.05) is 44.7 Å². The number of anilines is 1. The molecule has 2 unspecified atom stereocenters. The largest absolute Gasteiger partial charge is 0.494 e. The molecule has 0 radical (unpaired) electrons. The van der Waals surface area contributed by atoms with Crippen LogP contribution in [0, 0.1) is 5.92 Å². The molecular formula is C26H31F3N6O3. The highest BCUT2D eigenvalue weighted by Crippen LogP contribution is 2.29. The van der Waals surface area contributed by atoms with Crippen LogP contribution in [-0.4, -0.2) is 78.8 Å². The Morgan fingerprint density at radius 2 is 1.95 bits per heavy atom. The summed E-state index contributed by atoms with van der Waals surface area (Å²) in [5.41, 5.74) is -1.08. The minimum absolute atomic E-state index is 0.127. The third-order valence-electron chi connectivity index (χ3n) is 6.88. The van der Waals surface area contributed by atoms with E-state index in [4.69, 9.17) is 4.74 Å². The van der Waals surface area contributed by atoms with E-state index in [0.29, 0.717) is 17.7 Å². The molecular weight excluding hydrogens is 501 g/mol. The van der Waals surface area contributed by atoms with Crippen molar-refractivity contribution in [3.63, 3.8) is 0 Å². The topological polar surface area (TPSA) is 100 Å². The summed E-state index contributed by atoms with van der Waals surface area (Å²) in [5.74, 6) is 0.157. The summed E-state index contributed by atoms with van der Waals surface area (Å²) in [6, 6.07) is 4.49. The van der Waals surface area contributed by atoms with E-state index in [2.05, 4.69) is 30.1 Å². The number of hydrogen-bond acceptors (Lipinski definition) is 7. The molecule has 0 spiro atoms. The zero-order chi connectivity index (χ0) is 27.1. The number of hydrogen-bond donors (Lipinski definition) is 1. The third-order valence-corrected chi connectivity index (χ3v) is 6.88. The van der Waals surface area contributed by atoms with E-state index < -0.39 is 23.6 Å². The quantitative estimate of drug-likeness (QED) is 0.547. The molecule has 2 saturated heterocycles. The molecule has 204 valence electrons. The Morgan fingerprint density at radius 1 is 1.16 bits per heavy atom. The number of halogens is 3. The molecule has 2 aromatic rings. The van der Waals surface area contributed by atoms with Crippen molar-refractivity contribution in [2.45, 2.75) is 37.9 Å². The first kappa shape index (κ1) is 27.5. The number of amides is 2. The van der Waals surface area contributed by atoms with Crippen molar-refractivity contribution in [1.29, 1.82) is 0 Å². The number of aromatic nitrogens is 2. The molecule has 0 saturated carbocycles. The van der Waals surface area contributed by atoms with Gasteiger partial charge in [0.1, 0.15) is 0 Å². The van der Waals surface area contributed by atoms with Crippen molar-refractivity contribution in [3.8, 4) is 5.75 Å². The summed E-state index contributed by atoms with van der Waals surface area (Å²) in [6.07, 6.45) is 4.39. The number of benzene rings is 1. The molecule has 2 fully saturated rings. The van der Waals surface area contributed by atoms with E-state index in [0.717, 1.165) is 70.1 Å². The first-order valence-corrected chi connectivity index (χ1v) is 12.6. The van der Waals surface area contributed by atoms with Crippen LogP contribution in [0.15, 0.2) is 41.7 Å². The van der Waals surface area contributed by atoms with E-state index in [-0.39, 0.29) is 18.0 Å². The Labute approximate surface area is 219 Å². The molecule has 1 aromatic heterocycles. The van der Waals surface area contributed by atoms with Crippen LogP contribution in [0.5, 0.6) is 5.75 Å². The second-order valence-corrected chi connectivity index (χ2v) is 9.47. The Morgan fingerprint density at radius 3 is 2.68 bits per heavy atom. The van der Waals surface area contributed by atoms with Crippen molar-refractivity contribution >= 4 is 24.0 Å². The highest BCUT2D eigenvalue weighted by Gasteiger charge is 2.31. The van der Waals surface area contributed by atoms with E-state index >= 15 is 0 Å². The third kappa shape index (κ3) is 7.27. The van der Waals surface area contributed by atoms with Gasteiger partial charge >= 0.3 is 6.18 Å². The van der Waals surface area contributed by atoms with Gasteiger partial charge in [0.25, 0.3) is 11.8 Å². The number of likely N-dealkylation sites (tertiary alicyclic amines) is 1. The van der Waals surface area contributed by atoms with Crippen LogP contribution < -0.4 is 15.0 Å². The Balaban J connectivity index is 1.21. The lowest BCUT2D eigenvalue weighted by Crippen LogP contribution is -2.35. The van der Waals surface area contributed by atoms with Crippen LogP contribution in [0.2, 0.25) is 0 Å². The monoisotopic (exact) mass is 532 g/mol. The number of aliphatic imine (C=N–C) groups is 1. The van der Waals surface area contributed by atoms with Gasteiger partial charge in [-0.1, -0.05) is 6.07 Å². The van der Waals surface area contributed by atoms with Gasteiger partial charge in [-0.2, -0.15) is 13.2 Å². The van der Waals surface area contributed by atoms with Crippen LogP contribution in [0.25, 0.3) is 0 Å². The van der Waals surface area contributed by atoms with Crippen molar-refractivity contribution in [3.05, 3.63) is 47.8 Å². The fourth-order valence-electron chi connectivity index (χ4n) is 4.82. The number of methoxy groups -OCH3 is 1. The summed E-state index contributed by atoms with van der Waals surface area (Å²) >= 11 is 0. The fourth-order valence-corrected chi connectivity index (χ4v) is 4.82. The summed E-state index contributed by atoms with van der Waals surface area (Å²) in [4.78, 5) is 41.8. The summed E-state index contributed by atoms with van der Waals surface area (Å²) in [7, 11) is 1.58. The second kappa shape index (κ2) is 12.3. The van der Waals surface area contributed by atoms with Crippen molar-refractivity contribution in [1.82, 2.24) is 20.2 Å². The van der Waals surface area contributed by atoms with Crippen LogP contribution >= 0.6 is 0 Å². The normalized spacial score (nSPS) is 20.9. The molecule has 3 heterocycles. The van der Waals surface area contributed by atoms with Gasteiger partial charge < -0.3 is 15.0 Å². The van der Waals surface area contributed by atoms with Gasteiger partial charge in [0, 0.05) is 43.4 Å². The molecule has 4 rings (SSSR count). The SMILES string of the molecule is COc1cnc(N2CCCC(N3CCC(C=NC(=O)CNC(=O)c4cccc(C(F)(F)F)c4)C3)CC2)nc1. The predicted octanol–water partition coefficient (Wildman–Crippen LogP) is 3.21. The van der Waals surface area contributed by atoms with E-state index in [1.807, 2.05) is 0 Å². The molecule has 2 aliphatic rings. The van der Waals surface area contributed by atoms with Gasteiger partial charge in [-0.05, 0) is 50.4 Å². The summed E-state index contributed by atoms with van der Waals surface area (Å²) < 4.78 is 43.7. The average molecular weight is 533 g/mol. The number of carbonyl (C=O) groups excluding carboxylic acids is 2. The molecule has 0 aliphatic carbocycles. The van der Waals surface area contributed by atoms with Gasteiger partial charge in [-0.25, -0.2) is 15.0 Å². The Bertz CT molecular complexity index is 1140. The maximum Gasteiger partial charge on any atom is 0.416 e.